The number of aromatic nitrogens is 4. The van der Waals surface area contributed by atoms with E-state index in [4.69, 9.17) is 0 Å². The highest BCUT2D eigenvalue weighted by Gasteiger charge is 2.35. The van der Waals surface area contributed by atoms with Crippen molar-refractivity contribution in [3.8, 4) is 6.07 Å². The van der Waals surface area contributed by atoms with Crippen molar-refractivity contribution in [3.05, 3.63) is 35.5 Å². The van der Waals surface area contributed by atoms with Crippen LogP contribution >= 0.6 is 0 Å². The van der Waals surface area contributed by atoms with Gasteiger partial charge in [-0.1, -0.05) is 6.92 Å². The molecule has 0 spiro atoms. The van der Waals surface area contributed by atoms with Crippen LogP contribution in [0.2, 0.25) is 0 Å². The Kier molecular flexibility index (Phi) is 5.92. The molecule has 0 aromatic carbocycles. The Bertz CT molecular complexity index is 855. The largest absolute Gasteiger partial charge is 0.433 e. The van der Waals surface area contributed by atoms with Gasteiger partial charge in [0.15, 0.2) is 5.69 Å². The summed E-state index contributed by atoms with van der Waals surface area (Å²) >= 11 is 0. The smallest absolute Gasteiger partial charge is 0.366 e. The third-order valence-corrected chi connectivity index (χ3v) is 4.76. The van der Waals surface area contributed by atoms with Crippen molar-refractivity contribution in [2.75, 3.05) is 10.6 Å². The SMILES string of the molecule is C[C@H]1CC[C@H](Nc2nc(NCc3cncnc3C(F)(F)F)ncc2C#N)CC1. The summed E-state index contributed by atoms with van der Waals surface area (Å²) in [7, 11) is 0. The molecule has 2 aromatic heterocycles. The average Bonchev–Trinajstić information content (AvgIpc) is 2.68. The lowest BCUT2D eigenvalue weighted by molar-refractivity contribution is -0.141. The molecule has 0 radical (unpaired) electrons. The summed E-state index contributed by atoms with van der Waals surface area (Å²) in [6.07, 6.45) is 2.91. The quantitative estimate of drug-likeness (QED) is 0.800. The highest BCUT2D eigenvalue weighted by atomic mass is 19.4. The maximum absolute atomic E-state index is 13.0. The van der Waals surface area contributed by atoms with Crippen molar-refractivity contribution < 1.29 is 13.2 Å². The van der Waals surface area contributed by atoms with Gasteiger partial charge in [-0.15, -0.1) is 0 Å². The predicted molar refractivity (Wildman–Crippen MR) is 96.2 cm³/mol. The van der Waals surface area contributed by atoms with E-state index in [2.05, 4.69) is 37.5 Å². The molecule has 1 aliphatic rings. The van der Waals surface area contributed by atoms with Crippen molar-refractivity contribution in [2.24, 2.45) is 5.92 Å². The first-order chi connectivity index (χ1) is 13.4. The topological polar surface area (TPSA) is 99.4 Å². The number of nitrogens with one attached hydrogen (secondary N) is 2. The summed E-state index contributed by atoms with van der Waals surface area (Å²) in [5.74, 6) is 1.20. The molecule has 0 aliphatic heterocycles. The Morgan fingerprint density at radius 1 is 1.18 bits per heavy atom. The Morgan fingerprint density at radius 3 is 2.61 bits per heavy atom. The maximum Gasteiger partial charge on any atom is 0.433 e. The summed E-state index contributed by atoms with van der Waals surface area (Å²) in [6.45, 7) is 2.02. The molecule has 3 rings (SSSR count). The van der Waals surface area contributed by atoms with E-state index in [0.717, 1.165) is 38.2 Å². The minimum atomic E-state index is -4.57. The molecule has 1 fully saturated rings. The van der Waals surface area contributed by atoms with Crippen LogP contribution in [-0.2, 0) is 12.7 Å². The van der Waals surface area contributed by atoms with Crippen LogP contribution < -0.4 is 10.6 Å². The fourth-order valence-corrected chi connectivity index (χ4v) is 3.17. The molecule has 1 saturated carbocycles. The van der Waals surface area contributed by atoms with Crippen LogP contribution in [0, 0.1) is 17.2 Å². The van der Waals surface area contributed by atoms with Gasteiger partial charge in [0.2, 0.25) is 5.95 Å². The van der Waals surface area contributed by atoms with E-state index >= 15 is 0 Å². The van der Waals surface area contributed by atoms with E-state index < -0.39 is 11.9 Å². The monoisotopic (exact) mass is 391 g/mol. The number of hydrogen-bond acceptors (Lipinski definition) is 7. The molecule has 2 heterocycles. The lowest BCUT2D eigenvalue weighted by Gasteiger charge is -2.27. The summed E-state index contributed by atoms with van der Waals surface area (Å²) in [6, 6.07) is 2.25. The number of nitriles is 1. The van der Waals surface area contributed by atoms with Crippen LogP contribution in [0.1, 0.15) is 49.4 Å². The van der Waals surface area contributed by atoms with Gasteiger partial charge in [0.25, 0.3) is 0 Å². The van der Waals surface area contributed by atoms with Crippen molar-refractivity contribution in [3.63, 3.8) is 0 Å². The van der Waals surface area contributed by atoms with Gasteiger partial charge in [0.05, 0.1) is 6.20 Å². The predicted octanol–water partition coefficient (Wildman–Crippen LogP) is 3.76. The Hall–Kier alpha value is -2.96. The fraction of sp³-hybridized carbons (Fsp3) is 0.500. The third-order valence-electron chi connectivity index (χ3n) is 4.76. The summed E-state index contributed by atoms with van der Waals surface area (Å²) < 4.78 is 39.1. The lowest BCUT2D eigenvalue weighted by atomic mass is 9.87. The van der Waals surface area contributed by atoms with Crippen LogP contribution in [-0.4, -0.2) is 26.0 Å². The van der Waals surface area contributed by atoms with Gasteiger partial charge >= 0.3 is 6.18 Å². The summed E-state index contributed by atoms with van der Waals surface area (Å²) in [5, 5.41) is 15.3. The van der Waals surface area contributed by atoms with E-state index in [1.807, 2.05) is 6.07 Å². The highest BCUT2D eigenvalue weighted by molar-refractivity contribution is 5.54. The number of nitrogens with zero attached hydrogens (tertiary/aromatic N) is 5. The van der Waals surface area contributed by atoms with Crippen molar-refractivity contribution >= 4 is 11.8 Å². The van der Waals surface area contributed by atoms with Gasteiger partial charge < -0.3 is 10.6 Å². The lowest BCUT2D eigenvalue weighted by Crippen LogP contribution is -2.26. The van der Waals surface area contributed by atoms with E-state index in [-0.39, 0.29) is 24.1 Å². The van der Waals surface area contributed by atoms with Crippen molar-refractivity contribution in [2.45, 2.75) is 51.4 Å². The molecule has 0 bridgehead atoms. The molecule has 1 aliphatic carbocycles. The molecule has 0 atom stereocenters. The molecule has 7 nitrogen and oxygen atoms in total. The van der Waals surface area contributed by atoms with E-state index in [0.29, 0.717) is 17.3 Å². The Labute approximate surface area is 160 Å². The van der Waals surface area contributed by atoms with Crippen LogP contribution in [0.4, 0.5) is 24.9 Å². The Morgan fingerprint density at radius 2 is 1.93 bits per heavy atom. The van der Waals surface area contributed by atoms with E-state index in [9.17, 15) is 18.4 Å². The molecule has 2 N–H and O–H groups in total. The minimum Gasteiger partial charge on any atom is -0.366 e. The molecule has 0 unspecified atom stereocenters. The molecule has 10 heteroatoms. The first kappa shape index (κ1) is 19.8. The van der Waals surface area contributed by atoms with Crippen LogP contribution in [0.25, 0.3) is 0 Å². The van der Waals surface area contributed by atoms with Gasteiger partial charge in [-0.25, -0.2) is 15.0 Å². The third kappa shape index (κ3) is 4.85. The number of anilines is 2. The van der Waals surface area contributed by atoms with Gasteiger partial charge in [0.1, 0.15) is 23.8 Å². The van der Waals surface area contributed by atoms with E-state index in [1.54, 1.807) is 0 Å². The summed E-state index contributed by atoms with van der Waals surface area (Å²) in [4.78, 5) is 15.3. The minimum absolute atomic E-state index is 0.112. The van der Waals surface area contributed by atoms with Crippen LogP contribution in [0.5, 0.6) is 0 Å². The fourth-order valence-electron chi connectivity index (χ4n) is 3.17. The van der Waals surface area contributed by atoms with Gasteiger partial charge in [-0.3, -0.25) is 0 Å². The van der Waals surface area contributed by atoms with Gasteiger partial charge in [0, 0.05) is 24.3 Å². The standard InChI is InChI=1S/C18H20F3N7/c1-11-2-4-14(5-3-11)27-16-12(6-22)8-24-17(28-16)25-9-13-7-23-10-26-15(13)18(19,20)21/h7-8,10-11,14H,2-5,9H2,1H3,(H2,24,25,27,28)/t11-,14-. The molecule has 28 heavy (non-hydrogen) atoms. The zero-order valence-corrected chi connectivity index (χ0v) is 15.3. The second kappa shape index (κ2) is 8.37. The van der Waals surface area contributed by atoms with Crippen LogP contribution in [0.15, 0.2) is 18.7 Å². The molecular formula is C18H20F3N7. The zero-order chi connectivity index (χ0) is 20.1. The normalized spacial score (nSPS) is 19.7. The van der Waals surface area contributed by atoms with Crippen LogP contribution in [0.3, 0.4) is 0 Å². The molecular weight excluding hydrogens is 371 g/mol. The van der Waals surface area contributed by atoms with Crippen molar-refractivity contribution in [1.82, 2.24) is 19.9 Å². The molecule has 0 amide bonds. The first-order valence-corrected chi connectivity index (χ1v) is 9.00. The van der Waals surface area contributed by atoms with Gasteiger partial charge in [-0.2, -0.15) is 23.4 Å². The van der Waals surface area contributed by atoms with Gasteiger partial charge in [-0.05, 0) is 31.6 Å². The summed E-state index contributed by atoms with van der Waals surface area (Å²) in [5.41, 5.74) is -0.819. The van der Waals surface area contributed by atoms with E-state index in [1.165, 1.54) is 6.20 Å². The van der Waals surface area contributed by atoms with Crippen molar-refractivity contribution in [1.29, 1.82) is 5.26 Å². The molecule has 2 aromatic rings. The number of halogens is 3. The second-order valence-electron chi connectivity index (χ2n) is 6.92. The molecule has 148 valence electrons. The average molecular weight is 391 g/mol. The maximum atomic E-state index is 13.0. The number of rotatable bonds is 5. The number of alkyl halides is 3. The second-order valence-corrected chi connectivity index (χ2v) is 6.92. The Balaban J connectivity index is 1.73. The number of hydrogen-bond donors (Lipinski definition) is 2. The highest BCUT2D eigenvalue weighted by Crippen LogP contribution is 2.30. The first-order valence-electron chi connectivity index (χ1n) is 9.00. The molecule has 0 saturated heterocycles. The zero-order valence-electron chi connectivity index (χ0n) is 15.3.